The lowest BCUT2D eigenvalue weighted by Gasteiger charge is -2.01. The molecule has 2 heterocycles. The quantitative estimate of drug-likeness (QED) is 0.880. The minimum absolute atomic E-state index is 0.959. The summed E-state index contributed by atoms with van der Waals surface area (Å²) in [5, 5.41) is 5.65. The largest absolute Gasteiger partial charge is 0.307 e. The molecule has 3 rings (SSSR count). The fraction of sp³-hybridized carbons (Fsp3) is 0.385. The fourth-order valence-corrected chi connectivity index (χ4v) is 4.92. The van der Waals surface area contributed by atoms with Crippen LogP contribution in [0.1, 0.15) is 26.6 Å². The van der Waals surface area contributed by atoms with E-state index in [-0.39, 0.29) is 0 Å². The summed E-state index contributed by atoms with van der Waals surface area (Å²) in [5.74, 6) is 0. The minimum Gasteiger partial charge on any atom is -0.307 e. The van der Waals surface area contributed by atoms with Crippen LogP contribution in [-0.4, -0.2) is 0 Å². The van der Waals surface area contributed by atoms with Gasteiger partial charge in [0.15, 0.2) is 0 Å². The van der Waals surface area contributed by atoms with Gasteiger partial charge in [0.1, 0.15) is 0 Å². The Balaban J connectivity index is 1.56. The second kappa shape index (κ2) is 5.22. The molecule has 0 aromatic carbocycles. The van der Waals surface area contributed by atoms with Crippen molar-refractivity contribution in [2.75, 3.05) is 0 Å². The highest BCUT2D eigenvalue weighted by Gasteiger charge is 2.14. The SMILES string of the molecule is Brc1ccsc1CNCc1cc2c(s1)CCC2. The average Bonchev–Trinajstić information content (AvgIpc) is 2.95. The van der Waals surface area contributed by atoms with Gasteiger partial charge in [0.05, 0.1) is 0 Å². The zero-order chi connectivity index (χ0) is 11.7. The molecular formula is C13H14BrNS2. The number of hydrogen-bond donors (Lipinski definition) is 1. The van der Waals surface area contributed by atoms with Crippen molar-refractivity contribution in [2.45, 2.75) is 32.4 Å². The van der Waals surface area contributed by atoms with Crippen molar-refractivity contribution in [3.8, 4) is 0 Å². The van der Waals surface area contributed by atoms with E-state index in [1.807, 2.05) is 11.3 Å². The zero-order valence-electron chi connectivity index (χ0n) is 9.46. The number of thiophene rings is 2. The van der Waals surface area contributed by atoms with Crippen LogP contribution in [0.4, 0.5) is 0 Å². The number of fused-ring (bicyclic) bond motifs is 1. The normalized spacial score (nSPS) is 14.2. The van der Waals surface area contributed by atoms with Gasteiger partial charge in [0.25, 0.3) is 0 Å². The van der Waals surface area contributed by atoms with Crippen molar-refractivity contribution in [3.63, 3.8) is 0 Å². The highest BCUT2D eigenvalue weighted by Crippen LogP contribution is 2.30. The van der Waals surface area contributed by atoms with Crippen LogP contribution in [0.2, 0.25) is 0 Å². The van der Waals surface area contributed by atoms with Gasteiger partial charge in [-0.2, -0.15) is 0 Å². The summed E-state index contributed by atoms with van der Waals surface area (Å²) in [4.78, 5) is 4.50. The van der Waals surface area contributed by atoms with Gasteiger partial charge in [-0.05, 0) is 58.3 Å². The molecule has 1 N–H and O–H groups in total. The Labute approximate surface area is 118 Å². The van der Waals surface area contributed by atoms with Gasteiger partial charge in [-0.25, -0.2) is 0 Å². The van der Waals surface area contributed by atoms with Crippen LogP contribution in [0.3, 0.4) is 0 Å². The third kappa shape index (κ3) is 2.65. The molecule has 4 heteroatoms. The van der Waals surface area contributed by atoms with Crippen LogP contribution in [-0.2, 0) is 25.9 Å². The lowest BCUT2D eigenvalue weighted by molar-refractivity contribution is 0.706. The van der Waals surface area contributed by atoms with Crippen molar-refractivity contribution >= 4 is 38.6 Å². The molecule has 2 aromatic heterocycles. The molecule has 0 bridgehead atoms. The molecule has 1 aliphatic carbocycles. The maximum atomic E-state index is 3.56. The van der Waals surface area contributed by atoms with Gasteiger partial charge in [-0.15, -0.1) is 22.7 Å². The van der Waals surface area contributed by atoms with Crippen LogP contribution in [0, 0.1) is 0 Å². The van der Waals surface area contributed by atoms with Gasteiger partial charge >= 0.3 is 0 Å². The molecule has 1 aliphatic rings. The highest BCUT2D eigenvalue weighted by atomic mass is 79.9. The van der Waals surface area contributed by atoms with E-state index < -0.39 is 0 Å². The third-order valence-corrected chi connectivity index (χ3v) is 6.24. The number of hydrogen-bond acceptors (Lipinski definition) is 3. The van der Waals surface area contributed by atoms with Crippen LogP contribution in [0.15, 0.2) is 22.0 Å². The molecular weight excluding hydrogens is 314 g/mol. The lowest BCUT2D eigenvalue weighted by atomic mass is 10.2. The van der Waals surface area contributed by atoms with Crippen molar-refractivity contribution in [2.24, 2.45) is 0 Å². The van der Waals surface area contributed by atoms with Crippen molar-refractivity contribution in [3.05, 3.63) is 42.2 Å². The van der Waals surface area contributed by atoms with Crippen molar-refractivity contribution < 1.29 is 0 Å². The molecule has 90 valence electrons. The number of aryl methyl sites for hydroxylation is 2. The Morgan fingerprint density at radius 2 is 2.24 bits per heavy atom. The molecule has 0 saturated carbocycles. The first-order chi connectivity index (χ1) is 8.33. The molecule has 0 atom stereocenters. The summed E-state index contributed by atoms with van der Waals surface area (Å²) in [6, 6.07) is 4.50. The maximum Gasteiger partial charge on any atom is 0.0327 e. The molecule has 0 aliphatic heterocycles. The summed E-state index contributed by atoms with van der Waals surface area (Å²) in [6.07, 6.45) is 3.95. The summed E-state index contributed by atoms with van der Waals surface area (Å²) in [6.45, 7) is 1.96. The van der Waals surface area contributed by atoms with E-state index in [1.54, 1.807) is 21.8 Å². The monoisotopic (exact) mass is 327 g/mol. The Kier molecular flexibility index (Phi) is 3.66. The molecule has 0 spiro atoms. The van der Waals surface area contributed by atoms with E-state index in [0.29, 0.717) is 0 Å². The Hall–Kier alpha value is -0.160. The predicted molar refractivity (Wildman–Crippen MR) is 78.9 cm³/mol. The molecule has 2 aromatic rings. The van der Waals surface area contributed by atoms with E-state index >= 15 is 0 Å². The fourth-order valence-electron chi connectivity index (χ4n) is 2.23. The third-order valence-electron chi connectivity index (χ3n) is 3.07. The van der Waals surface area contributed by atoms with Crippen LogP contribution >= 0.6 is 38.6 Å². The summed E-state index contributed by atoms with van der Waals surface area (Å²) >= 11 is 7.36. The van der Waals surface area contributed by atoms with Gasteiger partial charge in [0.2, 0.25) is 0 Å². The molecule has 0 saturated heterocycles. The topological polar surface area (TPSA) is 12.0 Å². The standard InChI is InChI=1S/C13H14BrNS2/c14-11-4-5-16-13(11)8-15-7-10-6-9-2-1-3-12(9)17-10/h4-6,15H,1-3,7-8H2. The lowest BCUT2D eigenvalue weighted by Crippen LogP contribution is -2.10. The van der Waals surface area contributed by atoms with Crippen LogP contribution in [0.25, 0.3) is 0 Å². The maximum absolute atomic E-state index is 3.56. The zero-order valence-corrected chi connectivity index (χ0v) is 12.7. The molecule has 17 heavy (non-hydrogen) atoms. The first-order valence-electron chi connectivity index (χ1n) is 5.86. The molecule has 0 fully saturated rings. The van der Waals surface area contributed by atoms with E-state index in [0.717, 1.165) is 13.1 Å². The second-order valence-corrected chi connectivity index (χ2v) is 7.39. The van der Waals surface area contributed by atoms with E-state index in [1.165, 1.54) is 33.5 Å². The number of halogens is 1. The summed E-state index contributed by atoms with van der Waals surface area (Å²) < 4.78 is 1.23. The predicted octanol–water partition coefficient (Wildman–Crippen LogP) is 4.35. The molecule has 0 radical (unpaired) electrons. The van der Waals surface area contributed by atoms with Crippen molar-refractivity contribution in [1.29, 1.82) is 0 Å². The van der Waals surface area contributed by atoms with E-state index in [9.17, 15) is 0 Å². The molecule has 0 unspecified atom stereocenters. The highest BCUT2D eigenvalue weighted by molar-refractivity contribution is 9.10. The van der Waals surface area contributed by atoms with Crippen LogP contribution in [0.5, 0.6) is 0 Å². The summed E-state index contributed by atoms with van der Waals surface area (Å²) in [7, 11) is 0. The molecule has 0 amide bonds. The average molecular weight is 328 g/mol. The smallest absolute Gasteiger partial charge is 0.0327 e. The van der Waals surface area contributed by atoms with Gasteiger partial charge in [0, 0.05) is 32.2 Å². The van der Waals surface area contributed by atoms with Gasteiger partial charge < -0.3 is 5.32 Å². The van der Waals surface area contributed by atoms with Crippen molar-refractivity contribution in [1.82, 2.24) is 5.32 Å². The van der Waals surface area contributed by atoms with Crippen LogP contribution < -0.4 is 5.32 Å². The Morgan fingerprint density at radius 1 is 1.29 bits per heavy atom. The minimum atomic E-state index is 0.959. The first-order valence-corrected chi connectivity index (χ1v) is 8.35. The Bertz CT molecular complexity index is 494. The second-order valence-electron chi connectivity index (χ2n) is 4.31. The first kappa shape index (κ1) is 11.9. The summed E-state index contributed by atoms with van der Waals surface area (Å²) in [5.41, 5.74) is 1.60. The van der Waals surface area contributed by atoms with E-state index in [2.05, 4.69) is 38.8 Å². The number of rotatable bonds is 4. The van der Waals surface area contributed by atoms with Gasteiger partial charge in [-0.3, -0.25) is 0 Å². The molecule has 1 nitrogen and oxygen atoms in total. The van der Waals surface area contributed by atoms with Gasteiger partial charge in [-0.1, -0.05) is 0 Å². The number of nitrogens with one attached hydrogen (secondary N) is 1. The van der Waals surface area contributed by atoms with E-state index in [4.69, 9.17) is 0 Å². The Morgan fingerprint density at radius 3 is 3.00 bits per heavy atom.